The maximum absolute atomic E-state index is 12.8. The number of benzene rings is 2. The van der Waals surface area contributed by atoms with Gasteiger partial charge >= 0.3 is 0 Å². The molecule has 1 fully saturated rings. The van der Waals surface area contributed by atoms with E-state index in [2.05, 4.69) is 6.92 Å². The third-order valence-corrected chi connectivity index (χ3v) is 6.36. The summed E-state index contributed by atoms with van der Waals surface area (Å²) in [6, 6.07) is 17.4. The third-order valence-electron chi connectivity index (χ3n) is 6.36. The minimum Gasteiger partial charge on any atom is -0.494 e. The first-order chi connectivity index (χ1) is 15.9. The smallest absolute Gasteiger partial charge is 0.229 e. The maximum Gasteiger partial charge on any atom is 0.229 e. The second-order valence-corrected chi connectivity index (χ2v) is 8.92. The van der Waals surface area contributed by atoms with Crippen molar-refractivity contribution in [3.8, 4) is 5.75 Å². The number of likely N-dealkylation sites (tertiary alicyclic amines) is 1. The molecule has 1 aliphatic rings. The Bertz CT molecular complexity index is 890. The van der Waals surface area contributed by atoms with Crippen molar-refractivity contribution in [2.75, 3.05) is 31.6 Å². The first-order valence-corrected chi connectivity index (χ1v) is 11.9. The molecule has 1 aliphatic heterocycles. The Morgan fingerprint density at radius 2 is 1.73 bits per heavy atom. The van der Waals surface area contributed by atoms with Crippen LogP contribution in [-0.4, -0.2) is 54.2 Å². The molecular formula is C27H36N2O4. The molecule has 0 aliphatic carbocycles. The van der Waals surface area contributed by atoms with Crippen molar-refractivity contribution in [2.45, 2.75) is 57.5 Å². The van der Waals surface area contributed by atoms with Crippen LogP contribution in [0.1, 0.15) is 51.0 Å². The molecule has 2 aromatic rings. The Morgan fingerprint density at radius 1 is 1.06 bits per heavy atom. The molecule has 3 rings (SSSR count). The summed E-state index contributed by atoms with van der Waals surface area (Å²) < 4.78 is 5.68. The Hall–Kier alpha value is -2.86. The van der Waals surface area contributed by atoms with Crippen LogP contribution in [0.15, 0.2) is 54.6 Å². The van der Waals surface area contributed by atoms with Crippen molar-refractivity contribution in [1.29, 1.82) is 0 Å². The van der Waals surface area contributed by atoms with E-state index in [1.807, 2.05) is 59.5 Å². The van der Waals surface area contributed by atoms with Crippen molar-refractivity contribution in [3.05, 3.63) is 60.2 Å². The van der Waals surface area contributed by atoms with Crippen LogP contribution in [-0.2, 0) is 16.0 Å². The van der Waals surface area contributed by atoms with E-state index in [0.29, 0.717) is 45.4 Å². The van der Waals surface area contributed by atoms with Crippen LogP contribution in [0, 0.1) is 0 Å². The van der Waals surface area contributed by atoms with Crippen molar-refractivity contribution >= 4 is 17.5 Å². The molecule has 1 N–H and O–H groups in total. The van der Waals surface area contributed by atoms with E-state index in [4.69, 9.17) is 4.74 Å². The number of piperidine rings is 1. The SMILES string of the molecule is CCCCOc1ccc(N(C)C(=O)CC2(O)CCN(C(=O)CCc3ccccc3)CC2)cc1. The quantitative estimate of drug-likeness (QED) is 0.549. The van der Waals surface area contributed by atoms with Gasteiger partial charge in [0, 0.05) is 32.2 Å². The van der Waals surface area contributed by atoms with Crippen LogP contribution in [0.3, 0.4) is 0 Å². The van der Waals surface area contributed by atoms with Crippen molar-refractivity contribution in [1.82, 2.24) is 4.90 Å². The van der Waals surface area contributed by atoms with Crippen LogP contribution in [0.5, 0.6) is 5.75 Å². The van der Waals surface area contributed by atoms with E-state index in [9.17, 15) is 14.7 Å². The predicted molar refractivity (Wildman–Crippen MR) is 130 cm³/mol. The molecule has 2 amide bonds. The van der Waals surface area contributed by atoms with E-state index >= 15 is 0 Å². The number of aliphatic hydroxyl groups is 1. The second-order valence-electron chi connectivity index (χ2n) is 8.92. The van der Waals surface area contributed by atoms with Gasteiger partial charge in [-0.2, -0.15) is 0 Å². The largest absolute Gasteiger partial charge is 0.494 e. The molecule has 0 saturated carbocycles. The zero-order chi connectivity index (χ0) is 23.7. The number of amides is 2. The highest BCUT2D eigenvalue weighted by Gasteiger charge is 2.36. The number of aryl methyl sites for hydroxylation is 1. The number of carbonyl (C=O) groups is 2. The van der Waals surface area contributed by atoms with Gasteiger partial charge in [0.2, 0.25) is 11.8 Å². The molecule has 1 saturated heterocycles. The lowest BCUT2D eigenvalue weighted by Gasteiger charge is -2.38. The lowest BCUT2D eigenvalue weighted by atomic mass is 9.87. The van der Waals surface area contributed by atoms with Crippen molar-refractivity contribution < 1.29 is 19.4 Å². The average molecular weight is 453 g/mol. The Labute approximate surface area is 197 Å². The summed E-state index contributed by atoms with van der Waals surface area (Å²) in [5.74, 6) is 0.752. The molecule has 0 atom stereocenters. The summed E-state index contributed by atoms with van der Waals surface area (Å²) >= 11 is 0. The predicted octanol–water partition coefficient (Wildman–Crippen LogP) is 4.20. The van der Waals surface area contributed by atoms with Crippen LogP contribution in [0.25, 0.3) is 0 Å². The number of rotatable bonds is 10. The highest BCUT2D eigenvalue weighted by Crippen LogP contribution is 2.28. The molecule has 178 valence electrons. The fourth-order valence-electron chi connectivity index (χ4n) is 4.05. The summed E-state index contributed by atoms with van der Waals surface area (Å²) in [6.45, 7) is 3.76. The Kier molecular flexibility index (Phi) is 8.89. The van der Waals surface area contributed by atoms with E-state index < -0.39 is 5.60 Å². The van der Waals surface area contributed by atoms with Gasteiger partial charge in [-0.15, -0.1) is 0 Å². The fourth-order valence-corrected chi connectivity index (χ4v) is 4.05. The zero-order valence-electron chi connectivity index (χ0n) is 19.8. The molecule has 2 aromatic carbocycles. The number of hydrogen-bond donors (Lipinski definition) is 1. The van der Waals surface area contributed by atoms with Crippen molar-refractivity contribution in [3.63, 3.8) is 0 Å². The van der Waals surface area contributed by atoms with Crippen LogP contribution in [0.2, 0.25) is 0 Å². The Balaban J connectivity index is 1.45. The topological polar surface area (TPSA) is 70.1 Å². The standard InChI is InChI=1S/C27H36N2O4/c1-3-4-20-33-24-13-11-23(12-14-24)28(2)26(31)21-27(32)16-18-29(19-17-27)25(30)15-10-22-8-6-5-7-9-22/h5-9,11-14,32H,3-4,10,15-21H2,1-2H3. The van der Waals surface area contributed by atoms with E-state index in [1.54, 1.807) is 11.9 Å². The number of unbranched alkanes of at least 4 members (excludes halogenated alkanes) is 1. The molecule has 0 spiro atoms. The average Bonchev–Trinajstić information content (AvgIpc) is 2.83. The minimum absolute atomic E-state index is 0.0459. The van der Waals surface area contributed by atoms with E-state index in [-0.39, 0.29) is 18.2 Å². The highest BCUT2D eigenvalue weighted by atomic mass is 16.5. The van der Waals surface area contributed by atoms with Gasteiger partial charge in [-0.05, 0) is 55.5 Å². The van der Waals surface area contributed by atoms with Crippen molar-refractivity contribution in [2.24, 2.45) is 0 Å². The normalized spacial score (nSPS) is 15.2. The molecule has 6 heteroatoms. The van der Waals surface area contributed by atoms with Gasteiger partial charge < -0.3 is 19.6 Å². The summed E-state index contributed by atoms with van der Waals surface area (Å²) in [6.07, 6.45) is 4.13. The van der Waals surface area contributed by atoms with Gasteiger partial charge in [-0.1, -0.05) is 43.7 Å². The lowest BCUT2D eigenvalue weighted by Crippen LogP contribution is -2.49. The van der Waals surface area contributed by atoms with Crippen LogP contribution < -0.4 is 9.64 Å². The van der Waals surface area contributed by atoms with Gasteiger partial charge in [-0.3, -0.25) is 9.59 Å². The molecular weight excluding hydrogens is 416 g/mol. The van der Waals surface area contributed by atoms with Gasteiger partial charge in [-0.25, -0.2) is 0 Å². The zero-order valence-corrected chi connectivity index (χ0v) is 19.8. The number of hydrogen-bond acceptors (Lipinski definition) is 4. The van der Waals surface area contributed by atoms with Gasteiger partial charge in [0.15, 0.2) is 0 Å². The summed E-state index contributed by atoms with van der Waals surface area (Å²) in [5, 5.41) is 11.0. The molecule has 33 heavy (non-hydrogen) atoms. The van der Waals surface area contributed by atoms with Gasteiger partial charge in [0.25, 0.3) is 0 Å². The first kappa shape index (κ1) is 24.8. The summed E-state index contributed by atoms with van der Waals surface area (Å²) in [4.78, 5) is 28.8. The maximum atomic E-state index is 12.8. The van der Waals surface area contributed by atoms with Crippen LogP contribution >= 0.6 is 0 Å². The van der Waals surface area contributed by atoms with Crippen LogP contribution in [0.4, 0.5) is 5.69 Å². The number of ether oxygens (including phenoxy) is 1. The summed E-state index contributed by atoms with van der Waals surface area (Å²) in [5.41, 5.74) is 0.832. The van der Waals surface area contributed by atoms with Gasteiger partial charge in [0.05, 0.1) is 18.6 Å². The van der Waals surface area contributed by atoms with E-state index in [0.717, 1.165) is 29.8 Å². The summed E-state index contributed by atoms with van der Waals surface area (Å²) in [7, 11) is 1.72. The Morgan fingerprint density at radius 3 is 2.36 bits per heavy atom. The molecule has 0 radical (unpaired) electrons. The monoisotopic (exact) mass is 452 g/mol. The van der Waals surface area contributed by atoms with Gasteiger partial charge in [0.1, 0.15) is 5.75 Å². The first-order valence-electron chi connectivity index (χ1n) is 11.9. The number of anilines is 1. The highest BCUT2D eigenvalue weighted by molar-refractivity contribution is 5.93. The third kappa shape index (κ3) is 7.32. The number of nitrogens with zero attached hydrogens (tertiary/aromatic N) is 2. The minimum atomic E-state index is -1.08. The molecule has 6 nitrogen and oxygen atoms in total. The molecule has 1 heterocycles. The number of carbonyl (C=O) groups excluding carboxylic acids is 2. The second kappa shape index (κ2) is 11.8. The molecule has 0 bridgehead atoms. The van der Waals surface area contributed by atoms with E-state index in [1.165, 1.54) is 0 Å². The molecule has 0 aromatic heterocycles. The fraction of sp³-hybridized carbons (Fsp3) is 0.481. The molecule has 0 unspecified atom stereocenters. The lowest BCUT2D eigenvalue weighted by molar-refractivity contribution is -0.137.